The largest absolute Gasteiger partial charge is 0.393 e. The van der Waals surface area contributed by atoms with Crippen molar-refractivity contribution in [1.29, 1.82) is 0 Å². The second-order valence-electron chi connectivity index (χ2n) is 4.91. The molecule has 1 saturated carbocycles. The zero-order chi connectivity index (χ0) is 10.1. The van der Waals surface area contributed by atoms with Gasteiger partial charge in [-0.25, -0.2) is 0 Å². The van der Waals surface area contributed by atoms with E-state index in [-0.39, 0.29) is 6.10 Å². The third-order valence-electron chi connectivity index (χ3n) is 3.66. The fourth-order valence-electron chi connectivity index (χ4n) is 2.47. The van der Waals surface area contributed by atoms with Crippen molar-refractivity contribution >= 4 is 0 Å². The fraction of sp³-hybridized carbons (Fsp3) is 1.00. The Bertz CT molecular complexity index is 182. The molecular formula is C11H22N2O. The Morgan fingerprint density at radius 2 is 2.07 bits per heavy atom. The van der Waals surface area contributed by atoms with E-state index in [1.54, 1.807) is 0 Å². The second-order valence-corrected chi connectivity index (χ2v) is 4.91. The van der Waals surface area contributed by atoms with E-state index in [9.17, 15) is 5.11 Å². The lowest BCUT2D eigenvalue weighted by atomic mass is 9.90. The molecular weight excluding hydrogens is 176 g/mol. The van der Waals surface area contributed by atoms with Gasteiger partial charge < -0.3 is 10.4 Å². The lowest BCUT2D eigenvalue weighted by Crippen LogP contribution is -2.51. The Morgan fingerprint density at radius 3 is 2.57 bits per heavy atom. The van der Waals surface area contributed by atoms with Gasteiger partial charge in [-0.05, 0) is 39.2 Å². The molecule has 1 heterocycles. The SMILES string of the molecule is CNC1CC(C(C)O)CN(C2CC2)C1. The molecule has 0 spiro atoms. The molecule has 2 N–H and O–H groups in total. The van der Waals surface area contributed by atoms with Crippen molar-refractivity contribution in [2.45, 2.75) is 44.4 Å². The number of aliphatic hydroxyl groups excluding tert-OH is 1. The van der Waals surface area contributed by atoms with Crippen LogP contribution in [0.25, 0.3) is 0 Å². The topological polar surface area (TPSA) is 35.5 Å². The normalized spacial score (nSPS) is 37.1. The van der Waals surface area contributed by atoms with Crippen LogP contribution in [0, 0.1) is 5.92 Å². The van der Waals surface area contributed by atoms with E-state index in [1.165, 1.54) is 19.4 Å². The Labute approximate surface area is 86.5 Å². The lowest BCUT2D eigenvalue weighted by Gasteiger charge is -2.39. The van der Waals surface area contributed by atoms with Crippen LogP contribution < -0.4 is 5.32 Å². The molecule has 0 radical (unpaired) electrons. The Hall–Kier alpha value is -0.120. The maximum Gasteiger partial charge on any atom is 0.0553 e. The Kier molecular flexibility index (Phi) is 3.10. The molecule has 0 aromatic heterocycles. The summed E-state index contributed by atoms with van der Waals surface area (Å²) < 4.78 is 0. The van der Waals surface area contributed by atoms with E-state index in [4.69, 9.17) is 0 Å². The number of aliphatic hydroxyl groups is 1. The number of nitrogens with zero attached hydrogens (tertiary/aromatic N) is 1. The van der Waals surface area contributed by atoms with E-state index in [1.807, 2.05) is 14.0 Å². The maximum atomic E-state index is 9.66. The molecule has 0 aromatic carbocycles. The van der Waals surface area contributed by atoms with Gasteiger partial charge in [0.1, 0.15) is 0 Å². The lowest BCUT2D eigenvalue weighted by molar-refractivity contribution is 0.0462. The summed E-state index contributed by atoms with van der Waals surface area (Å²) in [5.41, 5.74) is 0. The number of piperidine rings is 1. The summed E-state index contributed by atoms with van der Waals surface area (Å²) in [6, 6.07) is 1.40. The van der Waals surface area contributed by atoms with Crippen LogP contribution in [0.15, 0.2) is 0 Å². The zero-order valence-corrected chi connectivity index (χ0v) is 9.24. The summed E-state index contributed by atoms with van der Waals surface area (Å²) >= 11 is 0. The molecule has 3 nitrogen and oxygen atoms in total. The fourth-order valence-corrected chi connectivity index (χ4v) is 2.47. The molecule has 1 aliphatic heterocycles. The zero-order valence-electron chi connectivity index (χ0n) is 9.24. The number of rotatable bonds is 3. The molecule has 0 bridgehead atoms. The Balaban J connectivity index is 1.93. The van der Waals surface area contributed by atoms with Gasteiger partial charge in [0.25, 0.3) is 0 Å². The standard InChI is InChI=1S/C11H22N2O/c1-8(14)9-5-10(12-2)7-13(6-9)11-3-4-11/h8-12,14H,3-7H2,1-2H3. The summed E-state index contributed by atoms with van der Waals surface area (Å²) in [7, 11) is 2.03. The van der Waals surface area contributed by atoms with E-state index in [0.717, 1.165) is 19.0 Å². The monoisotopic (exact) mass is 198 g/mol. The van der Waals surface area contributed by atoms with Crippen molar-refractivity contribution in [2.75, 3.05) is 20.1 Å². The first-order chi connectivity index (χ1) is 6.70. The van der Waals surface area contributed by atoms with Crippen LogP contribution in [-0.2, 0) is 0 Å². The van der Waals surface area contributed by atoms with E-state index in [2.05, 4.69) is 10.2 Å². The Morgan fingerprint density at radius 1 is 1.36 bits per heavy atom. The summed E-state index contributed by atoms with van der Waals surface area (Å²) in [5.74, 6) is 0.460. The average molecular weight is 198 g/mol. The summed E-state index contributed by atoms with van der Waals surface area (Å²) in [6.45, 7) is 4.19. The minimum Gasteiger partial charge on any atom is -0.393 e. The molecule has 14 heavy (non-hydrogen) atoms. The molecule has 3 heteroatoms. The third kappa shape index (κ3) is 2.27. The van der Waals surface area contributed by atoms with Crippen LogP contribution in [0.4, 0.5) is 0 Å². The molecule has 2 fully saturated rings. The smallest absolute Gasteiger partial charge is 0.0553 e. The van der Waals surface area contributed by atoms with Gasteiger partial charge in [-0.2, -0.15) is 0 Å². The first-order valence-electron chi connectivity index (χ1n) is 5.80. The summed E-state index contributed by atoms with van der Waals surface area (Å²) in [5, 5.41) is 13.0. The third-order valence-corrected chi connectivity index (χ3v) is 3.66. The van der Waals surface area contributed by atoms with Gasteiger partial charge in [-0.3, -0.25) is 4.90 Å². The van der Waals surface area contributed by atoms with E-state index >= 15 is 0 Å². The van der Waals surface area contributed by atoms with Crippen LogP contribution in [-0.4, -0.2) is 48.3 Å². The first-order valence-corrected chi connectivity index (χ1v) is 5.80. The van der Waals surface area contributed by atoms with Crippen molar-refractivity contribution in [3.8, 4) is 0 Å². The van der Waals surface area contributed by atoms with Gasteiger partial charge in [0.15, 0.2) is 0 Å². The minimum absolute atomic E-state index is 0.160. The molecule has 3 unspecified atom stereocenters. The molecule has 3 atom stereocenters. The molecule has 2 rings (SSSR count). The van der Waals surface area contributed by atoms with Gasteiger partial charge in [0, 0.05) is 25.2 Å². The van der Waals surface area contributed by atoms with Crippen LogP contribution in [0.5, 0.6) is 0 Å². The van der Waals surface area contributed by atoms with Gasteiger partial charge >= 0.3 is 0 Å². The molecule has 0 aromatic rings. The quantitative estimate of drug-likeness (QED) is 0.691. The van der Waals surface area contributed by atoms with Crippen molar-refractivity contribution in [1.82, 2.24) is 10.2 Å². The number of hydrogen-bond acceptors (Lipinski definition) is 3. The van der Waals surface area contributed by atoms with Crippen molar-refractivity contribution < 1.29 is 5.11 Å². The highest BCUT2D eigenvalue weighted by Crippen LogP contribution is 2.31. The van der Waals surface area contributed by atoms with Gasteiger partial charge in [0.2, 0.25) is 0 Å². The molecule has 2 aliphatic rings. The van der Waals surface area contributed by atoms with Crippen molar-refractivity contribution in [2.24, 2.45) is 5.92 Å². The van der Waals surface area contributed by atoms with Crippen molar-refractivity contribution in [3.05, 3.63) is 0 Å². The minimum atomic E-state index is -0.160. The molecule has 1 aliphatic carbocycles. The van der Waals surface area contributed by atoms with Gasteiger partial charge in [-0.1, -0.05) is 0 Å². The predicted molar refractivity (Wildman–Crippen MR) is 57.2 cm³/mol. The van der Waals surface area contributed by atoms with E-state index in [0.29, 0.717) is 12.0 Å². The van der Waals surface area contributed by atoms with Crippen molar-refractivity contribution in [3.63, 3.8) is 0 Å². The highest BCUT2D eigenvalue weighted by Gasteiger charge is 2.36. The summed E-state index contributed by atoms with van der Waals surface area (Å²) in [6.07, 6.45) is 3.69. The average Bonchev–Trinajstić information content (AvgIpc) is 3.00. The van der Waals surface area contributed by atoms with E-state index < -0.39 is 0 Å². The number of nitrogens with one attached hydrogen (secondary N) is 1. The van der Waals surface area contributed by atoms with Crippen LogP contribution >= 0.6 is 0 Å². The summed E-state index contributed by atoms with van der Waals surface area (Å²) in [4.78, 5) is 2.56. The predicted octanol–water partition coefficient (Wildman–Crippen LogP) is 0.439. The van der Waals surface area contributed by atoms with Gasteiger partial charge in [0.05, 0.1) is 6.10 Å². The van der Waals surface area contributed by atoms with Crippen LogP contribution in [0.1, 0.15) is 26.2 Å². The first kappa shape index (κ1) is 10.4. The highest BCUT2D eigenvalue weighted by atomic mass is 16.3. The highest BCUT2D eigenvalue weighted by molar-refractivity contribution is 4.93. The van der Waals surface area contributed by atoms with Crippen LogP contribution in [0.3, 0.4) is 0 Å². The van der Waals surface area contributed by atoms with Gasteiger partial charge in [-0.15, -0.1) is 0 Å². The molecule has 0 amide bonds. The number of hydrogen-bond donors (Lipinski definition) is 2. The van der Waals surface area contributed by atoms with Crippen LogP contribution in [0.2, 0.25) is 0 Å². The number of likely N-dealkylation sites (tertiary alicyclic amines) is 1. The molecule has 1 saturated heterocycles. The second kappa shape index (κ2) is 4.17. The molecule has 82 valence electrons. The maximum absolute atomic E-state index is 9.66. The number of likely N-dealkylation sites (N-methyl/N-ethyl adjacent to an activating group) is 1.